The van der Waals surface area contributed by atoms with Crippen LogP contribution in [-0.2, 0) is 12.8 Å². The van der Waals surface area contributed by atoms with Gasteiger partial charge in [-0.2, -0.15) is 9.78 Å². The first kappa shape index (κ1) is 11.2. The molecule has 1 N–H and O–H groups in total. The fraction of sp³-hybridized carbons (Fsp3) is 0.462. The Balaban J connectivity index is 2.08. The first-order valence-electron chi connectivity index (χ1n) is 6.39. The smallest absolute Gasteiger partial charge is 0.276 e. The molecule has 0 unspecified atom stereocenters. The summed E-state index contributed by atoms with van der Waals surface area (Å²) in [6, 6.07) is 3.68. The first-order chi connectivity index (χ1) is 8.75. The van der Waals surface area contributed by atoms with E-state index in [-0.39, 0.29) is 5.56 Å². The number of aromatic amines is 1. The monoisotopic (exact) mass is 244 g/mol. The molecule has 0 atom stereocenters. The van der Waals surface area contributed by atoms with Crippen molar-refractivity contribution < 1.29 is 0 Å². The molecule has 1 aliphatic carbocycles. The van der Waals surface area contributed by atoms with Crippen molar-refractivity contribution in [1.82, 2.24) is 20.0 Å². The molecule has 3 rings (SSSR count). The Morgan fingerprint density at radius 2 is 2.00 bits per heavy atom. The highest BCUT2D eigenvalue weighted by Crippen LogP contribution is 2.16. The van der Waals surface area contributed by atoms with Crippen molar-refractivity contribution >= 4 is 0 Å². The van der Waals surface area contributed by atoms with E-state index in [1.165, 1.54) is 11.1 Å². The molecule has 5 nitrogen and oxygen atoms in total. The van der Waals surface area contributed by atoms with E-state index in [0.29, 0.717) is 5.82 Å². The van der Waals surface area contributed by atoms with Crippen LogP contribution in [0.5, 0.6) is 0 Å². The second-order valence-corrected chi connectivity index (χ2v) is 4.80. The lowest BCUT2D eigenvalue weighted by atomic mass is 10.1. The topological polar surface area (TPSA) is 63.6 Å². The van der Waals surface area contributed by atoms with E-state index < -0.39 is 0 Å². The predicted octanol–water partition coefficient (Wildman–Crippen LogP) is 1.53. The summed E-state index contributed by atoms with van der Waals surface area (Å²) in [7, 11) is 0. The van der Waals surface area contributed by atoms with Crippen LogP contribution in [0.3, 0.4) is 0 Å². The predicted molar refractivity (Wildman–Crippen MR) is 68.0 cm³/mol. The average Bonchev–Trinajstić information content (AvgIpc) is 2.57. The molecule has 0 fully saturated rings. The maximum absolute atomic E-state index is 12.3. The molecule has 0 amide bonds. The molecule has 0 spiro atoms. The van der Waals surface area contributed by atoms with E-state index in [1.54, 1.807) is 0 Å². The molecule has 18 heavy (non-hydrogen) atoms. The second kappa shape index (κ2) is 4.40. The minimum atomic E-state index is 0.0325. The largest absolute Gasteiger partial charge is 0.293 e. The molecule has 0 aliphatic heterocycles. The van der Waals surface area contributed by atoms with Gasteiger partial charge in [0.2, 0.25) is 0 Å². The van der Waals surface area contributed by atoms with Gasteiger partial charge in [0.15, 0.2) is 5.82 Å². The lowest BCUT2D eigenvalue weighted by molar-refractivity contribution is 0.684. The molecule has 2 aromatic rings. The fourth-order valence-corrected chi connectivity index (χ4v) is 2.43. The molecular formula is C13H16N4O. The number of nitrogens with one attached hydrogen (secondary N) is 1. The highest BCUT2D eigenvalue weighted by Gasteiger charge is 2.17. The van der Waals surface area contributed by atoms with Gasteiger partial charge in [-0.05, 0) is 44.7 Å². The zero-order chi connectivity index (χ0) is 12.5. The van der Waals surface area contributed by atoms with Crippen molar-refractivity contribution in [1.29, 1.82) is 0 Å². The van der Waals surface area contributed by atoms with Crippen LogP contribution in [0, 0.1) is 6.92 Å². The molecular weight excluding hydrogens is 228 g/mol. The van der Waals surface area contributed by atoms with E-state index in [1.807, 2.05) is 19.1 Å². The number of fused-ring (bicyclic) bond motifs is 1. The van der Waals surface area contributed by atoms with E-state index in [0.717, 1.165) is 42.6 Å². The van der Waals surface area contributed by atoms with Gasteiger partial charge < -0.3 is 0 Å². The normalized spacial score (nSPS) is 15.2. The third kappa shape index (κ3) is 1.85. The SMILES string of the molecule is Cc1ccc(-n2[nH]c3c(c2=O)CCCCC3)nn1. The van der Waals surface area contributed by atoms with Gasteiger partial charge in [-0.3, -0.25) is 9.89 Å². The van der Waals surface area contributed by atoms with Crippen molar-refractivity contribution in [3.63, 3.8) is 0 Å². The summed E-state index contributed by atoms with van der Waals surface area (Å²) < 4.78 is 1.52. The molecule has 0 radical (unpaired) electrons. The third-order valence-electron chi connectivity index (χ3n) is 3.44. The van der Waals surface area contributed by atoms with E-state index in [4.69, 9.17) is 0 Å². The minimum Gasteiger partial charge on any atom is -0.293 e. The van der Waals surface area contributed by atoms with Gasteiger partial charge in [0.05, 0.1) is 5.69 Å². The second-order valence-electron chi connectivity index (χ2n) is 4.80. The quantitative estimate of drug-likeness (QED) is 0.774. The van der Waals surface area contributed by atoms with Gasteiger partial charge in [0, 0.05) is 11.3 Å². The van der Waals surface area contributed by atoms with Crippen molar-refractivity contribution in [2.24, 2.45) is 0 Å². The molecule has 94 valence electrons. The van der Waals surface area contributed by atoms with E-state index in [9.17, 15) is 4.79 Å². The Kier molecular flexibility index (Phi) is 2.74. The van der Waals surface area contributed by atoms with Crippen molar-refractivity contribution in [2.75, 3.05) is 0 Å². The maximum atomic E-state index is 12.3. The number of nitrogens with zero attached hydrogens (tertiary/aromatic N) is 3. The summed E-state index contributed by atoms with van der Waals surface area (Å²) in [5.41, 5.74) is 2.87. The van der Waals surface area contributed by atoms with Crippen LogP contribution in [0.2, 0.25) is 0 Å². The van der Waals surface area contributed by atoms with Crippen LogP contribution < -0.4 is 5.56 Å². The zero-order valence-electron chi connectivity index (χ0n) is 10.4. The van der Waals surface area contributed by atoms with Crippen LogP contribution in [0.1, 0.15) is 36.2 Å². The average molecular weight is 244 g/mol. The number of aromatic nitrogens is 4. The number of rotatable bonds is 1. The lowest BCUT2D eigenvalue weighted by Crippen LogP contribution is -2.18. The van der Waals surface area contributed by atoms with Gasteiger partial charge >= 0.3 is 0 Å². The Morgan fingerprint density at radius 3 is 2.78 bits per heavy atom. The van der Waals surface area contributed by atoms with Crippen molar-refractivity contribution in [3.05, 3.63) is 39.4 Å². The molecule has 0 saturated heterocycles. The lowest BCUT2D eigenvalue weighted by Gasteiger charge is -2.00. The molecule has 0 aromatic carbocycles. The molecule has 0 bridgehead atoms. The van der Waals surface area contributed by atoms with Gasteiger partial charge in [-0.1, -0.05) is 6.42 Å². The van der Waals surface area contributed by atoms with Gasteiger partial charge in [-0.15, -0.1) is 5.10 Å². The van der Waals surface area contributed by atoms with Crippen molar-refractivity contribution in [3.8, 4) is 5.82 Å². The molecule has 2 aromatic heterocycles. The third-order valence-corrected chi connectivity index (χ3v) is 3.44. The van der Waals surface area contributed by atoms with Crippen LogP contribution in [0.15, 0.2) is 16.9 Å². The molecule has 1 aliphatic rings. The Bertz CT molecular complexity index is 609. The number of aryl methyl sites for hydroxylation is 2. The van der Waals surface area contributed by atoms with Gasteiger partial charge in [-0.25, -0.2) is 0 Å². The Hall–Kier alpha value is -1.91. The van der Waals surface area contributed by atoms with Crippen LogP contribution in [-0.4, -0.2) is 20.0 Å². The summed E-state index contributed by atoms with van der Waals surface area (Å²) in [4.78, 5) is 12.3. The standard InChI is InChI=1S/C13H16N4O/c1-9-7-8-12(15-14-9)17-13(18)10-5-3-2-4-6-11(10)16-17/h7-8,16H,2-6H2,1H3. The van der Waals surface area contributed by atoms with Gasteiger partial charge in [0.25, 0.3) is 5.56 Å². The zero-order valence-corrected chi connectivity index (χ0v) is 10.4. The Morgan fingerprint density at radius 1 is 1.17 bits per heavy atom. The van der Waals surface area contributed by atoms with Crippen LogP contribution >= 0.6 is 0 Å². The molecule has 2 heterocycles. The fourth-order valence-electron chi connectivity index (χ4n) is 2.43. The maximum Gasteiger partial charge on any atom is 0.276 e. The highest BCUT2D eigenvalue weighted by atomic mass is 16.1. The summed E-state index contributed by atoms with van der Waals surface area (Å²) in [5.74, 6) is 0.568. The molecule has 5 heteroatoms. The van der Waals surface area contributed by atoms with Crippen LogP contribution in [0.25, 0.3) is 5.82 Å². The number of hydrogen-bond donors (Lipinski definition) is 1. The highest BCUT2D eigenvalue weighted by molar-refractivity contribution is 5.27. The number of hydrogen-bond acceptors (Lipinski definition) is 3. The Labute approximate surface area is 105 Å². The van der Waals surface area contributed by atoms with E-state index in [2.05, 4.69) is 15.3 Å². The summed E-state index contributed by atoms with van der Waals surface area (Å²) in [6.07, 6.45) is 5.27. The van der Waals surface area contributed by atoms with Crippen molar-refractivity contribution in [2.45, 2.75) is 39.0 Å². The first-order valence-corrected chi connectivity index (χ1v) is 6.39. The number of H-pyrrole nitrogens is 1. The van der Waals surface area contributed by atoms with E-state index >= 15 is 0 Å². The summed E-state index contributed by atoms with van der Waals surface area (Å²) in [5, 5.41) is 11.2. The van der Waals surface area contributed by atoms with Crippen LogP contribution in [0.4, 0.5) is 0 Å². The van der Waals surface area contributed by atoms with Gasteiger partial charge in [0.1, 0.15) is 0 Å². The summed E-state index contributed by atoms with van der Waals surface area (Å²) >= 11 is 0. The summed E-state index contributed by atoms with van der Waals surface area (Å²) in [6.45, 7) is 1.88. The minimum absolute atomic E-state index is 0.0325. The molecule has 0 saturated carbocycles.